The number of fused-ring (bicyclic) bond motifs is 1. The Morgan fingerprint density at radius 3 is 2.68 bits per heavy atom. The number of aromatic nitrogens is 3. The van der Waals surface area contributed by atoms with Crippen LogP contribution in [0.2, 0.25) is 0 Å². The molecule has 3 aromatic rings. The lowest BCUT2D eigenvalue weighted by Crippen LogP contribution is -2.36. The number of carbonyl (C=O) groups excluding carboxylic acids is 2. The number of nitriles is 1. The molecule has 3 amide bonds. The van der Waals surface area contributed by atoms with Gasteiger partial charge in [0, 0.05) is 23.9 Å². The molecule has 12 nitrogen and oxygen atoms in total. The lowest BCUT2D eigenvalue weighted by molar-refractivity contribution is 0.0942. The fourth-order valence-corrected chi connectivity index (χ4v) is 4.93. The molecule has 37 heavy (non-hydrogen) atoms. The van der Waals surface area contributed by atoms with Gasteiger partial charge in [-0.3, -0.25) is 10.1 Å². The Morgan fingerprint density at radius 1 is 1.14 bits per heavy atom. The Kier molecular flexibility index (Phi) is 6.49. The summed E-state index contributed by atoms with van der Waals surface area (Å²) in [5, 5.41) is 17.9. The lowest BCUT2D eigenvalue weighted by Gasteiger charge is -2.27. The molecule has 2 aliphatic rings. The van der Waals surface area contributed by atoms with E-state index in [4.69, 9.17) is 9.47 Å². The molecule has 1 aliphatic carbocycles. The first-order valence-corrected chi connectivity index (χ1v) is 12.3. The molecule has 0 spiro atoms. The van der Waals surface area contributed by atoms with Gasteiger partial charge in [-0.1, -0.05) is 23.5 Å². The minimum Gasteiger partial charge on any atom is -0.481 e. The number of anilines is 3. The number of carbonyl (C=O) groups is 2. The predicted molar refractivity (Wildman–Crippen MR) is 136 cm³/mol. The topological polar surface area (TPSA) is 154 Å². The molecule has 0 radical (unpaired) electrons. The predicted octanol–water partition coefficient (Wildman–Crippen LogP) is 2.94. The highest BCUT2D eigenvalue weighted by Crippen LogP contribution is 2.35. The highest BCUT2D eigenvalue weighted by molar-refractivity contribution is 7.15. The standard InChI is InChI=1S/C24H24N8O4S/c1-35-19-11-18(28-22(29-19)36-2)32-10-7-16-17(12-32)37-23(27-16)30-21(34)26-15-6-4-3-5-14(15)20(33)31-24(13-25)8-9-24/h3-6,11H,7-10,12H2,1-2H3,(H,31,33)(H2,26,27,30,34). The van der Waals surface area contributed by atoms with Gasteiger partial charge in [-0.25, -0.2) is 9.78 Å². The number of amides is 3. The number of thiazole rings is 1. The zero-order valence-electron chi connectivity index (χ0n) is 20.2. The van der Waals surface area contributed by atoms with Crippen molar-refractivity contribution in [2.45, 2.75) is 31.3 Å². The molecule has 0 bridgehead atoms. The third-order valence-corrected chi connectivity index (χ3v) is 7.07. The Hall–Kier alpha value is -4.44. The van der Waals surface area contributed by atoms with Crippen molar-refractivity contribution in [1.29, 1.82) is 5.26 Å². The second-order valence-corrected chi connectivity index (χ2v) is 9.67. The van der Waals surface area contributed by atoms with Crippen LogP contribution in [0.4, 0.5) is 21.4 Å². The first-order chi connectivity index (χ1) is 17.9. The van der Waals surface area contributed by atoms with E-state index in [1.54, 1.807) is 30.3 Å². The van der Waals surface area contributed by atoms with E-state index in [1.165, 1.54) is 25.6 Å². The van der Waals surface area contributed by atoms with Crippen molar-refractivity contribution in [3.63, 3.8) is 0 Å². The fourth-order valence-electron chi connectivity index (χ4n) is 3.91. The molecule has 190 valence electrons. The smallest absolute Gasteiger partial charge is 0.325 e. The second-order valence-electron chi connectivity index (χ2n) is 8.59. The number of para-hydroxylation sites is 1. The van der Waals surface area contributed by atoms with Gasteiger partial charge >= 0.3 is 12.0 Å². The molecule has 0 atom stereocenters. The molecule has 0 saturated heterocycles. The van der Waals surface area contributed by atoms with Gasteiger partial charge in [0.15, 0.2) is 5.13 Å². The van der Waals surface area contributed by atoms with Gasteiger partial charge in [0.2, 0.25) is 5.88 Å². The summed E-state index contributed by atoms with van der Waals surface area (Å²) in [5.74, 6) is 0.678. The monoisotopic (exact) mass is 520 g/mol. The van der Waals surface area contributed by atoms with Crippen molar-refractivity contribution >= 4 is 39.9 Å². The van der Waals surface area contributed by atoms with E-state index in [1.807, 2.05) is 0 Å². The Balaban J connectivity index is 1.25. The minimum atomic E-state index is -0.803. The van der Waals surface area contributed by atoms with E-state index in [9.17, 15) is 14.9 Å². The van der Waals surface area contributed by atoms with Gasteiger partial charge in [0.05, 0.1) is 43.8 Å². The van der Waals surface area contributed by atoms with Crippen LogP contribution in [0.3, 0.4) is 0 Å². The number of hydrogen-bond donors (Lipinski definition) is 3. The molecule has 5 rings (SSSR count). The van der Waals surface area contributed by atoms with Crippen LogP contribution in [0.15, 0.2) is 30.3 Å². The third-order valence-electron chi connectivity index (χ3n) is 6.07. The van der Waals surface area contributed by atoms with Crippen molar-refractivity contribution in [2.24, 2.45) is 0 Å². The van der Waals surface area contributed by atoms with Crippen LogP contribution in [-0.4, -0.2) is 53.2 Å². The van der Waals surface area contributed by atoms with Crippen LogP contribution in [-0.2, 0) is 13.0 Å². The number of urea groups is 1. The van der Waals surface area contributed by atoms with E-state index in [2.05, 4.69) is 41.9 Å². The van der Waals surface area contributed by atoms with Crippen molar-refractivity contribution in [3.05, 3.63) is 46.5 Å². The van der Waals surface area contributed by atoms with Crippen molar-refractivity contribution in [3.8, 4) is 18.0 Å². The first kappa shape index (κ1) is 24.3. The maximum atomic E-state index is 12.8. The van der Waals surface area contributed by atoms with Crippen LogP contribution in [0.25, 0.3) is 0 Å². The van der Waals surface area contributed by atoms with Gasteiger partial charge in [-0.15, -0.1) is 0 Å². The SMILES string of the molecule is COc1cc(N2CCc3nc(NC(=O)Nc4ccccc4C(=O)NC4(C#N)CC4)sc3C2)nc(OC)n1. The van der Waals surface area contributed by atoms with Gasteiger partial charge in [-0.05, 0) is 25.0 Å². The van der Waals surface area contributed by atoms with E-state index >= 15 is 0 Å². The lowest BCUT2D eigenvalue weighted by atomic mass is 10.1. The number of nitrogens with zero attached hydrogens (tertiary/aromatic N) is 5. The summed E-state index contributed by atoms with van der Waals surface area (Å²) in [7, 11) is 3.03. The average Bonchev–Trinajstić information content (AvgIpc) is 3.57. The van der Waals surface area contributed by atoms with Crippen LogP contribution in [0, 0.1) is 11.3 Å². The molecule has 0 unspecified atom stereocenters. The minimum absolute atomic E-state index is 0.220. The zero-order valence-corrected chi connectivity index (χ0v) is 21.0. The quantitative estimate of drug-likeness (QED) is 0.426. The van der Waals surface area contributed by atoms with Crippen LogP contribution in [0.1, 0.15) is 33.8 Å². The van der Waals surface area contributed by atoms with Gasteiger partial charge < -0.3 is 25.0 Å². The Morgan fingerprint density at radius 2 is 1.95 bits per heavy atom. The fraction of sp³-hybridized carbons (Fsp3) is 0.333. The maximum Gasteiger partial charge on any atom is 0.325 e. The number of methoxy groups -OCH3 is 2. The van der Waals surface area contributed by atoms with Gasteiger partial charge in [0.1, 0.15) is 11.4 Å². The molecule has 1 fully saturated rings. The summed E-state index contributed by atoms with van der Waals surface area (Å²) in [6, 6.07) is 10.2. The van der Waals surface area contributed by atoms with Crippen molar-refractivity contribution in [2.75, 3.05) is 36.3 Å². The third kappa shape index (κ3) is 5.24. The normalized spacial score (nSPS) is 15.1. The molecule has 1 aliphatic heterocycles. The summed E-state index contributed by atoms with van der Waals surface area (Å²) in [5.41, 5.74) is 0.729. The van der Waals surface area contributed by atoms with Gasteiger partial charge in [-0.2, -0.15) is 15.2 Å². The highest BCUT2D eigenvalue weighted by atomic mass is 32.1. The van der Waals surface area contributed by atoms with Gasteiger partial charge in [0.25, 0.3) is 5.91 Å². The molecule has 1 saturated carbocycles. The van der Waals surface area contributed by atoms with E-state index in [-0.39, 0.29) is 11.6 Å². The average molecular weight is 521 g/mol. The summed E-state index contributed by atoms with van der Waals surface area (Å²) < 4.78 is 10.4. The van der Waals surface area contributed by atoms with Crippen LogP contribution in [0.5, 0.6) is 11.9 Å². The molecule has 3 heterocycles. The van der Waals surface area contributed by atoms with Crippen molar-refractivity contribution < 1.29 is 19.1 Å². The van der Waals surface area contributed by atoms with E-state index in [0.29, 0.717) is 54.9 Å². The van der Waals surface area contributed by atoms with E-state index in [0.717, 1.165) is 10.6 Å². The molecule has 1 aromatic carbocycles. The largest absolute Gasteiger partial charge is 0.481 e. The molecular weight excluding hydrogens is 496 g/mol. The summed E-state index contributed by atoms with van der Waals surface area (Å²) in [6.07, 6.45) is 1.92. The Bertz CT molecular complexity index is 1380. The van der Waals surface area contributed by atoms with Crippen LogP contribution >= 0.6 is 11.3 Å². The second kappa shape index (κ2) is 9.90. The number of rotatable bonds is 7. The van der Waals surface area contributed by atoms with E-state index < -0.39 is 17.5 Å². The number of nitrogens with one attached hydrogen (secondary N) is 3. The number of benzene rings is 1. The molecule has 3 N–H and O–H groups in total. The summed E-state index contributed by atoms with van der Waals surface area (Å²) in [6.45, 7) is 1.24. The highest BCUT2D eigenvalue weighted by Gasteiger charge is 2.45. The van der Waals surface area contributed by atoms with Crippen molar-refractivity contribution in [1.82, 2.24) is 20.3 Å². The maximum absolute atomic E-state index is 12.8. The molecular formula is C24H24N8O4S. The first-order valence-electron chi connectivity index (χ1n) is 11.5. The summed E-state index contributed by atoms with van der Waals surface area (Å²) >= 11 is 1.38. The number of hydrogen-bond acceptors (Lipinski definition) is 10. The Labute approximate surface area is 216 Å². The molecule has 2 aromatic heterocycles. The zero-order chi connectivity index (χ0) is 26.0. The number of ether oxygens (including phenoxy) is 2. The summed E-state index contributed by atoms with van der Waals surface area (Å²) in [4.78, 5) is 41.7. The molecule has 13 heteroatoms. The van der Waals surface area contributed by atoms with Crippen LogP contribution < -0.4 is 30.3 Å².